The van der Waals surface area contributed by atoms with Crippen molar-refractivity contribution in [1.82, 2.24) is 15.0 Å². The summed E-state index contributed by atoms with van der Waals surface area (Å²) in [6.07, 6.45) is 3.57. The molecule has 0 radical (unpaired) electrons. The molecule has 136 valence electrons. The Bertz CT molecular complexity index is 863. The molecule has 3 aromatic rings. The number of benzene rings is 1. The summed E-state index contributed by atoms with van der Waals surface area (Å²) in [4.78, 5) is 12.9. The second-order valence-corrected chi connectivity index (χ2v) is 8.22. The Balaban J connectivity index is 2.04. The summed E-state index contributed by atoms with van der Waals surface area (Å²) < 4.78 is 0. The molecule has 26 heavy (non-hydrogen) atoms. The van der Waals surface area contributed by atoms with Crippen molar-refractivity contribution in [3.63, 3.8) is 0 Å². The van der Waals surface area contributed by atoms with Crippen LogP contribution in [0.15, 0.2) is 52.6 Å². The maximum absolute atomic E-state index is 9.57. The van der Waals surface area contributed by atoms with E-state index in [1.165, 1.54) is 11.8 Å². The Kier molecular flexibility index (Phi) is 6.24. The minimum Gasteiger partial charge on any atom is -0.388 e. The van der Waals surface area contributed by atoms with Crippen LogP contribution in [0.1, 0.15) is 36.8 Å². The highest BCUT2D eigenvalue weighted by Gasteiger charge is 2.25. The first-order valence-corrected chi connectivity index (χ1v) is 9.78. The summed E-state index contributed by atoms with van der Waals surface area (Å²) in [6.45, 7) is 4.16. The normalized spacial score (nSPS) is 12.5. The number of hydrogen-bond donors (Lipinski definition) is 2. The highest BCUT2D eigenvalue weighted by Crippen LogP contribution is 2.39. The van der Waals surface area contributed by atoms with E-state index in [0.29, 0.717) is 21.8 Å². The quantitative estimate of drug-likeness (QED) is 0.562. The lowest BCUT2D eigenvalue weighted by Gasteiger charge is -2.20. The second-order valence-electron chi connectivity index (χ2n) is 6.27. The summed E-state index contributed by atoms with van der Waals surface area (Å²) in [5, 5.41) is 11.6. The Labute approximate surface area is 167 Å². The van der Waals surface area contributed by atoms with Gasteiger partial charge in [0, 0.05) is 33.3 Å². The van der Waals surface area contributed by atoms with Gasteiger partial charge in [0.15, 0.2) is 0 Å². The average molecular weight is 408 g/mol. The summed E-state index contributed by atoms with van der Waals surface area (Å²) in [6, 6.07) is 9.43. The van der Waals surface area contributed by atoms with Crippen LogP contribution in [0, 0.1) is 5.92 Å². The molecular weight excluding hydrogens is 389 g/mol. The number of hydrogen-bond acceptors (Lipinski definition) is 4. The van der Waals surface area contributed by atoms with E-state index in [0.717, 1.165) is 21.2 Å². The van der Waals surface area contributed by atoms with Crippen molar-refractivity contribution in [3.05, 3.63) is 69.9 Å². The van der Waals surface area contributed by atoms with Crippen LogP contribution >= 0.6 is 35.0 Å². The topological polar surface area (TPSA) is 61.8 Å². The largest absolute Gasteiger partial charge is 0.388 e. The van der Waals surface area contributed by atoms with Crippen LogP contribution in [-0.2, 0) is 6.61 Å². The fourth-order valence-electron chi connectivity index (χ4n) is 2.92. The molecule has 2 heterocycles. The maximum Gasteiger partial charge on any atom is 0.133 e. The molecule has 7 heteroatoms. The smallest absolute Gasteiger partial charge is 0.133 e. The molecule has 0 aliphatic heterocycles. The first kappa shape index (κ1) is 19.2. The van der Waals surface area contributed by atoms with Gasteiger partial charge in [-0.3, -0.25) is 4.98 Å². The Morgan fingerprint density at radius 2 is 1.77 bits per heavy atom. The number of aliphatic hydroxyl groups is 1. The molecule has 0 aliphatic rings. The predicted octanol–water partition coefficient (Wildman–Crippen LogP) is 5.54. The number of pyridine rings is 1. The van der Waals surface area contributed by atoms with Gasteiger partial charge in [0.25, 0.3) is 0 Å². The zero-order valence-electron chi connectivity index (χ0n) is 14.4. The number of rotatable bonds is 6. The van der Waals surface area contributed by atoms with E-state index in [2.05, 4.69) is 28.8 Å². The number of halogens is 2. The molecule has 0 saturated heterocycles. The average Bonchev–Trinajstić information content (AvgIpc) is 2.97. The zero-order valence-corrected chi connectivity index (χ0v) is 16.7. The lowest BCUT2D eigenvalue weighted by molar-refractivity contribution is 0.272. The Morgan fingerprint density at radius 3 is 2.35 bits per heavy atom. The highest BCUT2D eigenvalue weighted by atomic mass is 35.5. The number of H-pyrrole nitrogens is 1. The molecule has 0 saturated carbocycles. The van der Waals surface area contributed by atoms with Gasteiger partial charge < -0.3 is 10.1 Å². The van der Waals surface area contributed by atoms with Crippen molar-refractivity contribution in [2.75, 3.05) is 0 Å². The third-order valence-corrected chi connectivity index (χ3v) is 5.40. The van der Waals surface area contributed by atoms with Gasteiger partial charge in [-0.25, -0.2) is 4.98 Å². The Hall–Kier alpha value is -1.53. The molecule has 0 amide bonds. The highest BCUT2D eigenvalue weighted by molar-refractivity contribution is 7.99. The van der Waals surface area contributed by atoms with Crippen LogP contribution in [0.3, 0.4) is 0 Å². The summed E-state index contributed by atoms with van der Waals surface area (Å²) in [5.74, 6) is 0.927. The molecule has 1 atom stereocenters. The van der Waals surface area contributed by atoms with Crippen molar-refractivity contribution >= 4 is 35.0 Å². The lowest BCUT2D eigenvalue weighted by atomic mass is 9.86. The lowest BCUT2D eigenvalue weighted by Crippen LogP contribution is -2.10. The van der Waals surface area contributed by atoms with Gasteiger partial charge >= 0.3 is 0 Å². The third kappa shape index (κ3) is 4.41. The van der Waals surface area contributed by atoms with Crippen LogP contribution < -0.4 is 0 Å². The van der Waals surface area contributed by atoms with Gasteiger partial charge in [0.05, 0.1) is 5.69 Å². The monoisotopic (exact) mass is 407 g/mol. The number of aromatic amines is 1. The molecule has 2 aromatic heterocycles. The van der Waals surface area contributed by atoms with E-state index >= 15 is 0 Å². The van der Waals surface area contributed by atoms with Crippen LogP contribution in [0.25, 0.3) is 0 Å². The van der Waals surface area contributed by atoms with Crippen molar-refractivity contribution in [1.29, 1.82) is 0 Å². The van der Waals surface area contributed by atoms with Crippen molar-refractivity contribution in [2.45, 2.75) is 36.3 Å². The third-order valence-electron chi connectivity index (χ3n) is 3.98. The van der Waals surface area contributed by atoms with E-state index in [9.17, 15) is 5.11 Å². The van der Waals surface area contributed by atoms with E-state index in [4.69, 9.17) is 23.2 Å². The standard InChI is InChI=1S/C19H19Cl2N3OS/c1-11(2)17(12-3-5-22-6-4-12)18-19(24-16(10-25)23-18)26-15-8-13(20)7-14(21)9-15/h3-9,11,17,25H,10H2,1-2H3,(H,23,24). The van der Waals surface area contributed by atoms with Crippen molar-refractivity contribution in [3.8, 4) is 0 Å². The summed E-state index contributed by atoms with van der Waals surface area (Å²) in [5.41, 5.74) is 2.04. The van der Waals surface area contributed by atoms with Gasteiger partial charge in [-0.2, -0.15) is 0 Å². The predicted molar refractivity (Wildman–Crippen MR) is 106 cm³/mol. The molecule has 0 spiro atoms. The molecule has 2 N–H and O–H groups in total. The maximum atomic E-state index is 9.57. The molecule has 1 aromatic carbocycles. The second kappa shape index (κ2) is 8.44. The first-order chi connectivity index (χ1) is 12.5. The van der Waals surface area contributed by atoms with E-state index < -0.39 is 0 Å². The van der Waals surface area contributed by atoms with Crippen LogP contribution in [0.4, 0.5) is 0 Å². The first-order valence-electron chi connectivity index (χ1n) is 8.21. The summed E-state index contributed by atoms with van der Waals surface area (Å²) >= 11 is 13.8. The fraction of sp³-hybridized carbons (Fsp3) is 0.263. The van der Waals surface area contributed by atoms with Gasteiger partial charge in [-0.15, -0.1) is 0 Å². The van der Waals surface area contributed by atoms with Crippen molar-refractivity contribution in [2.24, 2.45) is 5.92 Å². The summed E-state index contributed by atoms with van der Waals surface area (Å²) in [7, 11) is 0. The number of nitrogens with one attached hydrogen (secondary N) is 1. The van der Waals surface area contributed by atoms with E-state index in [1.807, 2.05) is 24.3 Å². The molecule has 0 aliphatic carbocycles. The van der Waals surface area contributed by atoms with Crippen LogP contribution in [-0.4, -0.2) is 20.1 Å². The molecule has 3 rings (SSSR count). The molecule has 0 fully saturated rings. The zero-order chi connectivity index (χ0) is 18.7. The van der Waals surface area contributed by atoms with Gasteiger partial charge in [-0.05, 0) is 41.8 Å². The molecular formula is C19H19Cl2N3OS. The molecule has 1 unspecified atom stereocenters. The van der Waals surface area contributed by atoms with Crippen LogP contribution in [0.2, 0.25) is 10.0 Å². The number of aliphatic hydroxyl groups excluding tert-OH is 1. The Morgan fingerprint density at radius 1 is 1.12 bits per heavy atom. The van der Waals surface area contributed by atoms with Gasteiger partial charge in [-0.1, -0.05) is 48.8 Å². The van der Waals surface area contributed by atoms with Gasteiger partial charge in [0.1, 0.15) is 17.5 Å². The minimum atomic E-state index is -0.148. The molecule has 0 bridgehead atoms. The SMILES string of the molecule is CC(C)C(c1ccncc1)c1nc(CO)[nH]c1Sc1cc(Cl)cc(Cl)c1. The number of imidazole rings is 1. The van der Waals surface area contributed by atoms with Gasteiger partial charge in [0.2, 0.25) is 0 Å². The van der Waals surface area contributed by atoms with E-state index in [1.54, 1.807) is 18.5 Å². The number of nitrogens with zero attached hydrogens (tertiary/aromatic N) is 2. The van der Waals surface area contributed by atoms with E-state index in [-0.39, 0.29) is 12.5 Å². The molecule has 4 nitrogen and oxygen atoms in total. The minimum absolute atomic E-state index is 0.0757. The fourth-order valence-corrected chi connectivity index (χ4v) is 4.63. The van der Waals surface area contributed by atoms with Crippen molar-refractivity contribution < 1.29 is 5.11 Å². The number of aromatic nitrogens is 3. The van der Waals surface area contributed by atoms with Crippen LogP contribution in [0.5, 0.6) is 0 Å².